The van der Waals surface area contributed by atoms with Gasteiger partial charge in [0.15, 0.2) is 0 Å². The van der Waals surface area contributed by atoms with Gasteiger partial charge in [-0.25, -0.2) is 0 Å². The fraction of sp³-hybridized carbons (Fsp3) is 0.889. The Morgan fingerprint density at radius 1 is 1.42 bits per heavy atom. The van der Waals surface area contributed by atoms with Crippen molar-refractivity contribution in [2.45, 2.75) is 32.8 Å². The first-order valence-electron chi connectivity index (χ1n) is 4.65. The molecule has 0 spiro atoms. The highest BCUT2D eigenvalue weighted by molar-refractivity contribution is 5.79. The molecular formula is C9H17NO2. The second kappa shape index (κ2) is 3.90. The molecule has 0 aromatic carbocycles. The third-order valence-electron chi connectivity index (χ3n) is 2.54. The van der Waals surface area contributed by atoms with Crippen LogP contribution in [0.1, 0.15) is 26.7 Å². The van der Waals surface area contributed by atoms with Crippen molar-refractivity contribution in [3.8, 4) is 0 Å². The largest absolute Gasteiger partial charge is 0.393 e. The van der Waals surface area contributed by atoms with Crippen molar-refractivity contribution in [2.75, 3.05) is 13.1 Å². The Balaban J connectivity index is 2.36. The standard InChI is InChI=1S/C9H17NO2/c1-3-10(4-2)9(12)7-5-8(11)6-7/h7-8,11H,3-6H2,1-2H3/t7-,8+. The molecule has 0 aromatic rings. The van der Waals surface area contributed by atoms with E-state index in [4.69, 9.17) is 5.11 Å². The summed E-state index contributed by atoms with van der Waals surface area (Å²) in [4.78, 5) is 13.4. The number of aliphatic hydroxyl groups is 1. The molecule has 1 saturated carbocycles. The van der Waals surface area contributed by atoms with Gasteiger partial charge < -0.3 is 10.0 Å². The van der Waals surface area contributed by atoms with Crippen molar-refractivity contribution in [1.29, 1.82) is 0 Å². The average Bonchev–Trinajstić information content (AvgIpc) is 2.01. The zero-order valence-electron chi connectivity index (χ0n) is 7.79. The van der Waals surface area contributed by atoms with Crippen LogP contribution in [0.3, 0.4) is 0 Å². The first-order chi connectivity index (χ1) is 5.69. The van der Waals surface area contributed by atoms with E-state index in [2.05, 4.69) is 0 Å². The molecule has 0 bridgehead atoms. The fourth-order valence-corrected chi connectivity index (χ4v) is 1.58. The Morgan fingerprint density at radius 2 is 1.92 bits per heavy atom. The molecular weight excluding hydrogens is 154 g/mol. The summed E-state index contributed by atoms with van der Waals surface area (Å²) in [6, 6.07) is 0. The van der Waals surface area contributed by atoms with E-state index >= 15 is 0 Å². The summed E-state index contributed by atoms with van der Waals surface area (Å²) in [5.41, 5.74) is 0. The van der Waals surface area contributed by atoms with Gasteiger partial charge in [0.1, 0.15) is 0 Å². The van der Waals surface area contributed by atoms with Gasteiger partial charge in [0.25, 0.3) is 0 Å². The molecule has 1 aliphatic carbocycles. The average molecular weight is 171 g/mol. The molecule has 1 aliphatic rings. The summed E-state index contributed by atoms with van der Waals surface area (Å²) in [6.07, 6.45) is 1.10. The normalized spacial score (nSPS) is 27.9. The van der Waals surface area contributed by atoms with E-state index in [1.807, 2.05) is 18.7 Å². The zero-order chi connectivity index (χ0) is 9.14. The Hall–Kier alpha value is -0.570. The smallest absolute Gasteiger partial charge is 0.225 e. The summed E-state index contributed by atoms with van der Waals surface area (Å²) in [5, 5.41) is 9.02. The molecule has 0 unspecified atom stereocenters. The van der Waals surface area contributed by atoms with Crippen molar-refractivity contribution >= 4 is 5.91 Å². The number of nitrogens with zero attached hydrogens (tertiary/aromatic N) is 1. The predicted octanol–water partition coefficient (Wildman–Crippen LogP) is 0.626. The van der Waals surface area contributed by atoms with Crippen molar-refractivity contribution in [1.82, 2.24) is 4.90 Å². The van der Waals surface area contributed by atoms with Crippen molar-refractivity contribution in [3.63, 3.8) is 0 Å². The van der Waals surface area contributed by atoms with E-state index in [1.165, 1.54) is 0 Å². The number of carbonyl (C=O) groups excluding carboxylic acids is 1. The molecule has 3 nitrogen and oxygen atoms in total. The maximum Gasteiger partial charge on any atom is 0.225 e. The molecule has 0 heterocycles. The second-order valence-electron chi connectivity index (χ2n) is 3.33. The van der Waals surface area contributed by atoms with Crippen LogP contribution in [0, 0.1) is 5.92 Å². The lowest BCUT2D eigenvalue weighted by Crippen LogP contribution is -2.43. The predicted molar refractivity (Wildman–Crippen MR) is 46.7 cm³/mol. The van der Waals surface area contributed by atoms with Gasteiger partial charge in [0.2, 0.25) is 5.91 Å². The Morgan fingerprint density at radius 3 is 2.25 bits per heavy atom. The molecule has 1 fully saturated rings. The van der Waals surface area contributed by atoms with E-state index in [1.54, 1.807) is 0 Å². The number of hydrogen-bond donors (Lipinski definition) is 1. The topological polar surface area (TPSA) is 40.5 Å². The van der Waals surface area contributed by atoms with Crippen LogP contribution in [0.15, 0.2) is 0 Å². The van der Waals surface area contributed by atoms with Crippen LogP contribution in [0.2, 0.25) is 0 Å². The van der Waals surface area contributed by atoms with Gasteiger partial charge in [-0.05, 0) is 26.7 Å². The number of hydrogen-bond acceptors (Lipinski definition) is 2. The van der Waals surface area contributed by atoms with E-state index < -0.39 is 0 Å². The van der Waals surface area contributed by atoms with Gasteiger partial charge in [-0.2, -0.15) is 0 Å². The molecule has 70 valence electrons. The molecule has 0 atom stereocenters. The van der Waals surface area contributed by atoms with Crippen molar-refractivity contribution in [2.24, 2.45) is 5.92 Å². The minimum Gasteiger partial charge on any atom is -0.393 e. The first-order valence-corrected chi connectivity index (χ1v) is 4.65. The Labute approximate surface area is 73.4 Å². The molecule has 1 N–H and O–H groups in total. The maximum atomic E-state index is 11.5. The molecule has 3 heteroatoms. The first kappa shape index (κ1) is 9.52. The number of carbonyl (C=O) groups is 1. The van der Waals surface area contributed by atoms with Gasteiger partial charge in [0, 0.05) is 19.0 Å². The third-order valence-corrected chi connectivity index (χ3v) is 2.54. The van der Waals surface area contributed by atoms with Crippen LogP contribution >= 0.6 is 0 Å². The molecule has 0 aliphatic heterocycles. The number of rotatable bonds is 3. The van der Waals surface area contributed by atoms with Crippen molar-refractivity contribution in [3.05, 3.63) is 0 Å². The van der Waals surface area contributed by atoms with Gasteiger partial charge in [-0.1, -0.05) is 0 Å². The minimum atomic E-state index is -0.227. The molecule has 12 heavy (non-hydrogen) atoms. The van der Waals surface area contributed by atoms with Crippen LogP contribution in [0.4, 0.5) is 0 Å². The van der Waals surface area contributed by atoms with Gasteiger partial charge >= 0.3 is 0 Å². The van der Waals surface area contributed by atoms with Crippen LogP contribution < -0.4 is 0 Å². The minimum absolute atomic E-state index is 0.0971. The number of aliphatic hydroxyl groups excluding tert-OH is 1. The van der Waals surface area contributed by atoms with Crippen molar-refractivity contribution < 1.29 is 9.90 Å². The summed E-state index contributed by atoms with van der Waals surface area (Å²) in [6.45, 7) is 5.52. The molecule has 0 aromatic heterocycles. The SMILES string of the molecule is CCN(CC)C(=O)[C@H]1C[C@@H](O)C1. The second-order valence-corrected chi connectivity index (χ2v) is 3.33. The van der Waals surface area contributed by atoms with E-state index in [9.17, 15) is 4.79 Å². The van der Waals surface area contributed by atoms with E-state index in [0.29, 0.717) is 12.8 Å². The monoisotopic (exact) mass is 171 g/mol. The Bertz CT molecular complexity index is 160. The van der Waals surface area contributed by atoms with E-state index in [0.717, 1.165) is 13.1 Å². The van der Waals surface area contributed by atoms with E-state index in [-0.39, 0.29) is 17.9 Å². The summed E-state index contributed by atoms with van der Waals surface area (Å²) in [5.74, 6) is 0.310. The molecule has 0 radical (unpaired) electrons. The lowest BCUT2D eigenvalue weighted by Gasteiger charge is -2.34. The zero-order valence-corrected chi connectivity index (χ0v) is 7.79. The highest BCUT2D eigenvalue weighted by atomic mass is 16.3. The summed E-state index contributed by atoms with van der Waals surface area (Å²) in [7, 11) is 0. The number of amides is 1. The van der Waals surface area contributed by atoms with Crippen LogP contribution in [0.25, 0.3) is 0 Å². The quantitative estimate of drug-likeness (QED) is 0.676. The Kier molecular flexibility index (Phi) is 3.09. The summed E-state index contributed by atoms with van der Waals surface area (Å²) >= 11 is 0. The van der Waals surface area contributed by atoms with Crippen LogP contribution in [-0.4, -0.2) is 35.1 Å². The fourth-order valence-electron chi connectivity index (χ4n) is 1.58. The van der Waals surface area contributed by atoms with Gasteiger partial charge in [-0.15, -0.1) is 0 Å². The van der Waals surface area contributed by atoms with Crippen LogP contribution in [0.5, 0.6) is 0 Å². The summed E-state index contributed by atoms with van der Waals surface area (Å²) < 4.78 is 0. The third kappa shape index (κ3) is 1.78. The lowest BCUT2D eigenvalue weighted by molar-refractivity contribution is -0.141. The molecule has 0 saturated heterocycles. The van der Waals surface area contributed by atoms with Gasteiger partial charge in [0.05, 0.1) is 6.10 Å². The highest BCUT2D eigenvalue weighted by Crippen LogP contribution is 2.28. The molecule has 1 amide bonds. The van der Waals surface area contributed by atoms with Gasteiger partial charge in [-0.3, -0.25) is 4.79 Å². The highest BCUT2D eigenvalue weighted by Gasteiger charge is 2.34. The van der Waals surface area contributed by atoms with Crippen LogP contribution in [-0.2, 0) is 4.79 Å². The molecule has 1 rings (SSSR count). The maximum absolute atomic E-state index is 11.5. The lowest BCUT2D eigenvalue weighted by atomic mass is 9.81.